The van der Waals surface area contributed by atoms with Gasteiger partial charge in [0.05, 0.1) is 0 Å². The molecule has 4 heteroatoms. The van der Waals surface area contributed by atoms with E-state index in [2.05, 4.69) is 4.99 Å². The van der Waals surface area contributed by atoms with Crippen LogP contribution in [0, 0.1) is 0 Å². The van der Waals surface area contributed by atoms with Gasteiger partial charge in [0.2, 0.25) is 0 Å². The summed E-state index contributed by atoms with van der Waals surface area (Å²) in [5.41, 5.74) is 0.0392. The molecule has 0 amide bonds. The minimum atomic E-state index is -4.34. The fourth-order valence-electron chi connectivity index (χ4n) is 0.788. The molecular formula is C8H8F3N. The third-order valence-electron chi connectivity index (χ3n) is 1.46. The summed E-state index contributed by atoms with van der Waals surface area (Å²) in [6.45, 7) is 1.77. The van der Waals surface area contributed by atoms with E-state index in [9.17, 15) is 13.2 Å². The molecule has 1 rings (SSSR count). The molecule has 0 bridgehead atoms. The van der Waals surface area contributed by atoms with Gasteiger partial charge >= 0.3 is 6.18 Å². The fourth-order valence-corrected chi connectivity index (χ4v) is 0.788. The Hall–Kier alpha value is -1.06. The highest BCUT2D eigenvalue weighted by atomic mass is 19.4. The van der Waals surface area contributed by atoms with Gasteiger partial charge in [0.15, 0.2) is 0 Å². The maximum Gasteiger partial charge on any atom is 0.433 e. The first-order chi connectivity index (χ1) is 5.50. The number of hydrogen-bond acceptors (Lipinski definition) is 1. The van der Waals surface area contributed by atoms with Crippen molar-refractivity contribution in [3.05, 3.63) is 23.4 Å². The molecule has 0 saturated carbocycles. The molecule has 1 aliphatic heterocycles. The summed E-state index contributed by atoms with van der Waals surface area (Å²) in [5.74, 6) is 0. The molecule has 1 heterocycles. The molecule has 1 nitrogen and oxygen atoms in total. The number of aliphatic imine (C=N–C) groups is 1. The maximum atomic E-state index is 12.0. The highest BCUT2D eigenvalue weighted by molar-refractivity contribution is 5.64. The first-order valence-electron chi connectivity index (χ1n) is 3.47. The molecule has 12 heavy (non-hydrogen) atoms. The summed E-state index contributed by atoms with van der Waals surface area (Å²) in [4.78, 5) is 3.30. The minimum absolute atomic E-state index is 0.482. The smallest absolute Gasteiger partial charge is 0.256 e. The van der Waals surface area contributed by atoms with E-state index in [-0.39, 0.29) is 0 Å². The SMILES string of the molecule is CC1=CC=C(C(F)(F)F)N=CC1. The number of allylic oxidation sites excluding steroid dienone is 4. The number of rotatable bonds is 0. The molecule has 0 fully saturated rings. The van der Waals surface area contributed by atoms with Crippen LogP contribution in [-0.2, 0) is 0 Å². The van der Waals surface area contributed by atoms with Crippen molar-refractivity contribution in [3.63, 3.8) is 0 Å². The third kappa shape index (κ3) is 2.22. The summed E-state index contributed by atoms with van der Waals surface area (Å²) in [5, 5.41) is 0. The van der Waals surface area contributed by atoms with Crippen LogP contribution < -0.4 is 0 Å². The zero-order chi connectivity index (χ0) is 9.19. The zero-order valence-electron chi connectivity index (χ0n) is 6.52. The van der Waals surface area contributed by atoms with E-state index in [1.54, 1.807) is 6.92 Å². The standard InChI is InChI=1S/C8H8F3N/c1-6-2-3-7(8(9,10)11)12-5-4-6/h2-3,5H,4H2,1H3. The first-order valence-corrected chi connectivity index (χ1v) is 3.47. The Kier molecular flexibility index (Phi) is 2.35. The average molecular weight is 175 g/mol. The van der Waals surface area contributed by atoms with Crippen molar-refractivity contribution in [1.29, 1.82) is 0 Å². The van der Waals surface area contributed by atoms with E-state index in [0.717, 1.165) is 11.6 Å². The molecular weight excluding hydrogens is 167 g/mol. The van der Waals surface area contributed by atoms with Gasteiger partial charge in [-0.2, -0.15) is 13.2 Å². The van der Waals surface area contributed by atoms with E-state index in [1.807, 2.05) is 0 Å². The van der Waals surface area contributed by atoms with Gasteiger partial charge in [0, 0.05) is 12.6 Å². The second kappa shape index (κ2) is 3.13. The van der Waals surface area contributed by atoms with Crippen LogP contribution in [0.5, 0.6) is 0 Å². The van der Waals surface area contributed by atoms with Gasteiger partial charge in [-0.15, -0.1) is 0 Å². The minimum Gasteiger partial charge on any atom is -0.256 e. The molecule has 0 radical (unpaired) electrons. The van der Waals surface area contributed by atoms with Crippen LogP contribution in [0.3, 0.4) is 0 Å². The fraction of sp³-hybridized carbons (Fsp3) is 0.375. The van der Waals surface area contributed by atoms with Crippen LogP contribution in [0.1, 0.15) is 13.3 Å². The predicted molar refractivity (Wildman–Crippen MR) is 41.0 cm³/mol. The third-order valence-corrected chi connectivity index (χ3v) is 1.46. The van der Waals surface area contributed by atoms with Crippen molar-refractivity contribution in [2.45, 2.75) is 19.5 Å². The van der Waals surface area contributed by atoms with Crippen molar-refractivity contribution < 1.29 is 13.2 Å². The molecule has 0 aromatic carbocycles. The Balaban J connectivity index is 2.92. The first kappa shape index (κ1) is 9.03. The summed E-state index contributed by atoms with van der Waals surface area (Å²) >= 11 is 0. The molecule has 0 atom stereocenters. The summed E-state index contributed by atoms with van der Waals surface area (Å²) in [6.07, 6.45) is -0.138. The summed E-state index contributed by atoms with van der Waals surface area (Å²) < 4.78 is 36.1. The van der Waals surface area contributed by atoms with Gasteiger partial charge in [-0.25, -0.2) is 0 Å². The molecule has 1 aliphatic rings. The lowest BCUT2D eigenvalue weighted by Crippen LogP contribution is -2.09. The molecule has 0 aliphatic carbocycles. The van der Waals surface area contributed by atoms with E-state index < -0.39 is 11.9 Å². The lowest BCUT2D eigenvalue weighted by Gasteiger charge is -2.03. The normalized spacial score (nSPS) is 18.3. The van der Waals surface area contributed by atoms with Gasteiger partial charge in [0.25, 0.3) is 0 Å². The number of alkyl halides is 3. The van der Waals surface area contributed by atoms with E-state index >= 15 is 0 Å². The number of hydrogen-bond donors (Lipinski definition) is 0. The van der Waals surface area contributed by atoms with Crippen molar-refractivity contribution in [1.82, 2.24) is 0 Å². The molecule has 0 aromatic heterocycles. The Bertz CT molecular complexity index is 258. The largest absolute Gasteiger partial charge is 0.433 e. The van der Waals surface area contributed by atoms with Crippen molar-refractivity contribution in [2.75, 3.05) is 0 Å². The molecule has 66 valence electrons. The van der Waals surface area contributed by atoms with Crippen LogP contribution in [-0.4, -0.2) is 12.4 Å². The van der Waals surface area contributed by atoms with E-state index in [0.29, 0.717) is 6.42 Å². The molecule has 0 saturated heterocycles. The predicted octanol–water partition coefficient (Wildman–Crippen LogP) is 2.85. The maximum absolute atomic E-state index is 12.0. The second-order valence-corrected chi connectivity index (χ2v) is 2.58. The highest BCUT2D eigenvalue weighted by Gasteiger charge is 2.33. The van der Waals surface area contributed by atoms with Crippen LogP contribution in [0.2, 0.25) is 0 Å². The summed E-state index contributed by atoms with van der Waals surface area (Å²) in [7, 11) is 0. The Morgan fingerprint density at radius 2 is 2.00 bits per heavy atom. The van der Waals surface area contributed by atoms with Gasteiger partial charge in [-0.05, 0) is 13.0 Å². The van der Waals surface area contributed by atoms with E-state index in [1.165, 1.54) is 12.3 Å². The molecule has 0 spiro atoms. The van der Waals surface area contributed by atoms with Gasteiger partial charge in [-0.3, -0.25) is 4.99 Å². The quantitative estimate of drug-likeness (QED) is 0.536. The summed E-state index contributed by atoms with van der Waals surface area (Å²) in [6, 6.07) is 0. The van der Waals surface area contributed by atoms with Crippen LogP contribution in [0.15, 0.2) is 28.4 Å². The van der Waals surface area contributed by atoms with Crippen LogP contribution >= 0.6 is 0 Å². The lowest BCUT2D eigenvalue weighted by atomic mass is 10.2. The molecule has 0 aromatic rings. The van der Waals surface area contributed by atoms with Crippen LogP contribution in [0.25, 0.3) is 0 Å². The van der Waals surface area contributed by atoms with E-state index in [4.69, 9.17) is 0 Å². The molecule has 0 N–H and O–H groups in total. The van der Waals surface area contributed by atoms with Gasteiger partial charge < -0.3 is 0 Å². The Morgan fingerprint density at radius 1 is 1.33 bits per heavy atom. The Morgan fingerprint density at radius 3 is 2.58 bits per heavy atom. The van der Waals surface area contributed by atoms with Crippen LogP contribution in [0.4, 0.5) is 13.2 Å². The second-order valence-electron chi connectivity index (χ2n) is 2.58. The Labute approximate surface area is 68.3 Å². The number of halogens is 3. The lowest BCUT2D eigenvalue weighted by molar-refractivity contribution is -0.0922. The van der Waals surface area contributed by atoms with Gasteiger partial charge in [-0.1, -0.05) is 11.6 Å². The molecule has 0 unspecified atom stereocenters. The zero-order valence-corrected chi connectivity index (χ0v) is 6.52. The monoisotopic (exact) mass is 175 g/mol. The topological polar surface area (TPSA) is 12.4 Å². The van der Waals surface area contributed by atoms with Crippen molar-refractivity contribution in [2.24, 2.45) is 4.99 Å². The number of nitrogens with zero attached hydrogens (tertiary/aromatic N) is 1. The van der Waals surface area contributed by atoms with Crippen molar-refractivity contribution in [3.8, 4) is 0 Å². The van der Waals surface area contributed by atoms with Crippen molar-refractivity contribution >= 4 is 6.21 Å². The highest BCUT2D eigenvalue weighted by Crippen LogP contribution is 2.27. The average Bonchev–Trinajstić information content (AvgIpc) is 2.11. The van der Waals surface area contributed by atoms with Gasteiger partial charge in [0.1, 0.15) is 5.70 Å².